The summed E-state index contributed by atoms with van der Waals surface area (Å²) in [5.41, 5.74) is 0. The van der Waals surface area contributed by atoms with E-state index in [1.165, 1.54) is 0 Å². The molecule has 240 valence electrons. The average Bonchev–Trinajstić information content (AvgIpc) is 2.98. The number of rotatable bonds is 20. The summed E-state index contributed by atoms with van der Waals surface area (Å²) < 4.78 is 68.3. The van der Waals surface area contributed by atoms with Crippen LogP contribution in [0, 0.1) is 0 Å². The summed E-state index contributed by atoms with van der Waals surface area (Å²) in [5, 5.41) is 0. The lowest BCUT2D eigenvalue weighted by molar-refractivity contribution is 0.0147. The standard InChI is InChI=1S/C25H60O10Si5/c1-11-21-26-36(16-6)31-37(17-7,27-22-12-2)33-39(19-9,29-24-14-4)35-40(20-10,30-25-15-5)34-38(18-8,32-36)28-23-13-3/h11-25H2,1-10H3. The maximum Gasteiger partial charge on any atom is 0.485 e. The Labute approximate surface area is 250 Å². The lowest BCUT2D eigenvalue weighted by Gasteiger charge is -2.49. The van der Waals surface area contributed by atoms with Crippen LogP contribution in [0.4, 0.5) is 0 Å². The van der Waals surface area contributed by atoms with Crippen LogP contribution in [0.3, 0.4) is 0 Å². The van der Waals surface area contributed by atoms with Gasteiger partial charge < -0.3 is 42.7 Å². The molecule has 1 rings (SSSR count). The second kappa shape index (κ2) is 19.2. The monoisotopic (exact) mass is 660 g/mol. The second-order valence-electron chi connectivity index (χ2n) is 9.94. The minimum Gasteiger partial charge on any atom is -0.374 e. The minimum absolute atomic E-state index is 0.492. The van der Waals surface area contributed by atoms with E-state index < -0.39 is 44.0 Å². The van der Waals surface area contributed by atoms with Crippen LogP contribution in [0.25, 0.3) is 0 Å². The lowest BCUT2D eigenvalue weighted by atomic mass is 10.5. The van der Waals surface area contributed by atoms with Crippen molar-refractivity contribution >= 4 is 44.0 Å². The molecular formula is C25H60O10Si5. The van der Waals surface area contributed by atoms with Crippen LogP contribution >= 0.6 is 0 Å². The molecule has 1 aliphatic heterocycles. The van der Waals surface area contributed by atoms with Crippen molar-refractivity contribution in [1.82, 2.24) is 0 Å². The Balaban J connectivity index is 4.03. The predicted octanol–water partition coefficient (Wildman–Crippen LogP) is 7.01. The van der Waals surface area contributed by atoms with Gasteiger partial charge >= 0.3 is 44.0 Å². The smallest absolute Gasteiger partial charge is 0.374 e. The molecule has 0 aromatic rings. The zero-order valence-corrected chi connectivity index (χ0v) is 32.2. The zero-order valence-electron chi connectivity index (χ0n) is 27.2. The van der Waals surface area contributed by atoms with Crippen LogP contribution in [0.5, 0.6) is 0 Å². The molecule has 0 bridgehead atoms. The van der Waals surface area contributed by atoms with Gasteiger partial charge in [-0.25, -0.2) is 0 Å². The molecule has 1 aliphatic rings. The summed E-state index contributed by atoms with van der Waals surface area (Å²) in [6, 6.07) is 2.65. The van der Waals surface area contributed by atoms with Crippen LogP contribution in [0.15, 0.2) is 0 Å². The topological polar surface area (TPSA) is 92.3 Å². The van der Waals surface area contributed by atoms with Crippen molar-refractivity contribution in [2.24, 2.45) is 0 Å². The fourth-order valence-corrected chi connectivity index (χ4v) is 28.0. The molecule has 0 aliphatic carbocycles. The number of hydrogen-bond donors (Lipinski definition) is 0. The molecule has 1 heterocycles. The molecule has 0 amide bonds. The summed E-state index contributed by atoms with van der Waals surface area (Å²) >= 11 is 0. The molecule has 1 saturated heterocycles. The van der Waals surface area contributed by atoms with Crippen molar-refractivity contribution in [3.63, 3.8) is 0 Å². The van der Waals surface area contributed by atoms with E-state index in [1.54, 1.807) is 0 Å². The van der Waals surface area contributed by atoms with E-state index in [1.807, 2.05) is 34.6 Å². The first-order chi connectivity index (χ1) is 19.1. The molecule has 0 radical (unpaired) electrons. The largest absolute Gasteiger partial charge is 0.485 e. The summed E-state index contributed by atoms with van der Waals surface area (Å²) in [4.78, 5) is 0. The molecule has 0 unspecified atom stereocenters. The quantitative estimate of drug-likeness (QED) is 0.127. The predicted molar refractivity (Wildman–Crippen MR) is 168 cm³/mol. The first kappa shape index (κ1) is 38.7. The molecule has 0 N–H and O–H groups in total. The SMILES string of the molecule is CCCO[Si]1(CC)O[Si](CC)(OCCC)O[Si](CC)(OCCC)O[Si](CC)(OCCC)O[Si](CC)(OCCC)O1. The van der Waals surface area contributed by atoms with Crippen molar-refractivity contribution in [3.8, 4) is 0 Å². The van der Waals surface area contributed by atoms with Crippen LogP contribution in [0.1, 0.15) is 101 Å². The third-order valence-electron chi connectivity index (χ3n) is 6.35. The van der Waals surface area contributed by atoms with E-state index in [0.29, 0.717) is 63.3 Å². The molecule has 0 saturated carbocycles. The Morgan fingerprint density at radius 1 is 0.300 bits per heavy atom. The van der Waals surface area contributed by atoms with E-state index >= 15 is 0 Å². The Morgan fingerprint density at radius 3 is 0.550 bits per heavy atom. The van der Waals surface area contributed by atoms with Crippen molar-refractivity contribution in [2.75, 3.05) is 33.0 Å². The van der Waals surface area contributed by atoms with Gasteiger partial charge in [0.2, 0.25) is 0 Å². The highest BCUT2D eigenvalue weighted by Crippen LogP contribution is 2.39. The zero-order chi connectivity index (χ0) is 30.2. The molecule has 0 aromatic heterocycles. The fraction of sp³-hybridized carbons (Fsp3) is 1.00. The summed E-state index contributed by atoms with van der Waals surface area (Å²) in [5.74, 6) is 0. The minimum atomic E-state index is -3.44. The molecule has 15 heteroatoms. The Bertz CT molecular complexity index is 540. The highest BCUT2D eigenvalue weighted by atomic mass is 28.6. The average molecular weight is 661 g/mol. The van der Waals surface area contributed by atoms with Gasteiger partial charge in [0.1, 0.15) is 0 Å². The van der Waals surface area contributed by atoms with Crippen LogP contribution < -0.4 is 0 Å². The number of hydrogen-bond acceptors (Lipinski definition) is 10. The first-order valence-corrected chi connectivity index (χ1v) is 25.5. The van der Waals surface area contributed by atoms with Crippen LogP contribution in [-0.2, 0) is 42.7 Å². The third-order valence-corrected chi connectivity index (χ3v) is 26.3. The van der Waals surface area contributed by atoms with E-state index in [9.17, 15) is 0 Å². The lowest BCUT2D eigenvalue weighted by Crippen LogP contribution is -2.73. The van der Waals surface area contributed by atoms with Crippen molar-refractivity contribution in [2.45, 2.75) is 132 Å². The maximum atomic E-state index is 7.07. The molecule has 1 fully saturated rings. The summed E-state index contributed by atoms with van der Waals surface area (Å²) in [7, 11) is -17.2. The van der Waals surface area contributed by atoms with E-state index in [0.717, 1.165) is 32.1 Å². The van der Waals surface area contributed by atoms with Gasteiger partial charge in [-0.1, -0.05) is 69.2 Å². The van der Waals surface area contributed by atoms with Crippen molar-refractivity contribution in [1.29, 1.82) is 0 Å². The van der Waals surface area contributed by atoms with Gasteiger partial charge in [-0.15, -0.1) is 0 Å². The molecule has 0 spiro atoms. The first-order valence-electron chi connectivity index (χ1n) is 15.8. The van der Waals surface area contributed by atoms with E-state index in [-0.39, 0.29) is 0 Å². The molecule has 40 heavy (non-hydrogen) atoms. The van der Waals surface area contributed by atoms with Gasteiger partial charge in [-0.3, -0.25) is 0 Å². The van der Waals surface area contributed by atoms with E-state index in [2.05, 4.69) is 34.6 Å². The fourth-order valence-electron chi connectivity index (χ4n) is 4.10. The van der Waals surface area contributed by atoms with Gasteiger partial charge in [0.25, 0.3) is 0 Å². The Kier molecular flexibility index (Phi) is 18.5. The van der Waals surface area contributed by atoms with Gasteiger partial charge in [0.05, 0.1) is 0 Å². The van der Waals surface area contributed by atoms with Crippen molar-refractivity contribution in [3.05, 3.63) is 0 Å². The van der Waals surface area contributed by atoms with Crippen molar-refractivity contribution < 1.29 is 42.7 Å². The Morgan fingerprint density at radius 2 is 0.450 bits per heavy atom. The Hall–Kier alpha value is 0.684. The van der Waals surface area contributed by atoms with Gasteiger partial charge in [-0.2, -0.15) is 0 Å². The second-order valence-corrected chi connectivity index (χ2v) is 25.8. The molecule has 10 nitrogen and oxygen atoms in total. The van der Waals surface area contributed by atoms with Crippen LogP contribution in [-0.4, -0.2) is 77.1 Å². The van der Waals surface area contributed by atoms with Gasteiger partial charge in [-0.05, 0) is 32.1 Å². The van der Waals surface area contributed by atoms with Crippen LogP contribution in [0.2, 0.25) is 30.2 Å². The highest BCUT2D eigenvalue weighted by molar-refractivity contribution is 6.89. The third kappa shape index (κ3) is 11.0. The van der Waals surface area contributed by atoms with Gasteiger partial charge in [0.15, 0.2) is 0 Å². The molecule has 0 atom stereocenters. The maximum absolute atomic E-state index is 7.07. The van der Waals surface area contributed by atoms with E-state index in [4.69, 9.17) is 42.7 Å². The molecule has 0 aromatic carbocycles. The molecular weight excluding hydrogens is 601 g/mol. The summed E-state index contributed by atoms with van der Waals surface area (Å²) in [6.07, 6.45) is 4.10. The normalized spacial score (nSPS) is 33.8. The van der Waals surface area contributed by atoms with Gasteiger partial charge in [0, 0.05) is 63.3 Å². The summed E-state index contributed by atoms with van der Waals surface area (Å²) in [6.45, 7) is 23.1. The highest BCUT2D eigenvalue weighted by Gasteiger charge is 2.66.